The Morgan fingerprint density at radius 3 is 2.65 bits per heavy atom. The number of hydrogen-bond donors (Lipinski definition) is 6. The van der Waals surface area contributed by atoms with Crippen molar-refractivity contribution < 1.29 is 9.59 Å². The van der Waals surface area contributed by atoms with E-state index in [-0.39, 0.29) is 11.7 Å². The molecule has 0 aliphatic carbocycles. The van der Waals surface area contributed by atoms with E-state index in [9.17, 15) is 9.59 Å². The second-order valence-corrected chi connectivity index (χ2v) is 3.82. The zero-order valence-corrected chi connectivity index (χ0v) is 10.3. The molecule has 0 aromatic rings. The van der Waals surface area contributed by atoms with E-state index in [1.165, 1.54) is 0 Å². The third-order valence-electron chi connectivity index (χ3n) is 1.99. The molecule has 97 valence electrons. The van der Waals surface area contributed by atoms with Crippen LogP contribution in [-0.2, 0) is 9.59 Å². The van der Waals surface area contributed by atoms with E-state index in [0.717, 1.165) is 0 Å². The first kappa shape index (κ1) is 15.7. The molecule has 7 N–H and O–H groups in total. The summed E-state index contributed by atoms with van der Waals surface area (Å²) >= 11 is 3.88. The molecular formula is C9H18N5O2S. The smallest absolute Gasteiger partial charge is 0.237 e. The molecule has 0 spiro atoms. The van der Waals surface area contributed by atoms with Gasteiger partial charge in [-0.3, -0.25) is 15.0 Å². The van der Waals surface area contributed by atoms with Gasteiger partial charge in [0, 0.05) is 12.3 Å². The van der Waals surface area contributed by atoms with Gasteiger partial charge >= 0.3 is 0 Å². The van der Waals surface area contributed by atoms with Crippen LogP contribution < -0.4 is 22.1 Å². The molecule has 0 aliphatic heterocycles. The van der Waals surface area contributed by atoms with Crippen molar-refractivity contribution in [1.29, 1.82) is 5.41 Å². The molecule has 2 atom stereocenters. The lowest BCUT2D eigenvalue weighted by atomic mass is 10.1. The first-order chi connectivity index (χ1) is 8.01. The van der Waals surface area contributed by atoms with Crippen molar-refractivity contribution in [3.8, 4) is 0 Å². The van der Waals surface area contributed by atoms with E-state index in [0.29, 0.717) is 19.4 Å². The maximum atomic E-state index is 11.5. The number of nitrogens with one attached hydrogen (secondary N) is 3. The summed E-state index contributed by atoms with van der Waals surface area (Å²) in [5.41, 5.74) is 10.7. The van der Waals surface area contributed by atoms with Crippen molar-refractivity contribution in [3.63, 3.8) is 0 Å². The van der Waals surface area contributed by atoms with Gasteiger partial charge in [0.1, 0.15) is 6.04 Å². The lowest BCUT2D eigenvalue weighted by Crippen LogP contribution is -2.47. The number of carbonyl (C=O) groups is 1. The predicted molar refractivity (Wildman–Crippen MR) is 68.6 cm³/mol. The van der Waals surface area contributed by atoms with Crippen LogP contribution in [0.15, 0.2) is 0 Å². The number of amides is 1. The Kier molecular flexibility index (Phi) is 8.16. The Morgan fingerprint density at radius 1 is 1.53 bits per heavy atom. The van der Waals surface area contributed by atoms with Gasteiger partial charge in [0.15, 0.2) is 5.96 Å². The average Bonchev–Trinajstić information content (AvgIpc) is 2.30. The summed E-state index contributed by atoms with van der Waals surface area (Å²) in [6.45, 7) is 0.478. The number of guanidine groups is 1. The molecular weight excluding hydrogens is 242 g/mol. The fraction of sp³-hybridized carbons (Fsp3) is 0.667. The minimum absolute atomic E-state index is 0.117. The zero-order valence-electron chi connectivity index (χ0n) is 9.40. The predicted octanol–water partition coefficient (Wildman–Crippen LogP) is -1.90. The maximum Gasteiger partial charge on any atom is 0.237 e. The number of thiol groups is 1. The van der Waals surface area contributed by atoms with Gasteiger partial charge in [0.05, 0.1) is 6.04 Å². The molecule has 0 aromatic heterocycles. The van der Waals surface area contributed by atoms with Crippen LogP contribution in [0.5, 0.6) is 0 Å². The second-order valence-electron chi connectivity index (χ2n) is 3.45. The summed E-state index contributed by atoms with van der Waals surface area (Å²) < 4.78 is 0. The number of carbonyl (C=O) groups excluding carboxylic acids is 2. The molecule has 1 radical (unpaired) electrons. The highest BCUT2D eigenvalue weighted by Gasteiger charge is 2.16. The molecule has 0 aliphatic rings. The number of hydrogen-bond acceptors (Lipinski definition) is 5. The molecule has 7 nitrogen and oxygen atoms in total. The molecule has 0 heterocycles. The van der Waals surface area contributed by atoms with Crippen molar-refractivity contribution in [1.82, 2.24) is 10.6 Å². The van der Waals surface area contributed by atoms with Crippen molar-refractivity contribution in [2.75, 3.05) is 12.3 Å². The third-order valence-corrected chi connectivity index (χ3v) is 2.35. The fourth-order valence-electron chi connectivity index (χ4n) is 1.07. The summed E-state index contributed by atoms with van der Waals surface area (Å²) in [5.74, 6) is -0.336. The molecule has 0 fully saturated rings. The molecule has 0 aromatic carbocycles. The second kappa shape index (κ2) is 8.82. The van der Waals surface area contributed by atoms with Crippen molar-refractivity contribution >= 4 is 30.8 Å². The minimum atomic E-state index is -0.729. The lowest BCUT2D eigenvalue weighted by Gasteiger charge is -2.14. The van der Waals surface area contributed by atoms with Crippen LogP contribution in [0, 0.1) is 5.41 Å². The maximum absolute atomic E-state index is 11.5. The fourth-order valence-corrected chi connectivity index (χ4v) is 1.23. The SMILES string of the molecule is N=C(N)NCCC[C@H](N)C(=O)N[C@H]([C]=O)CS. The topological polar surface area (TPSA) is 134 Å². The van der Waals surface area contributed by atoms with Gasteiger partial charge in [-0.25, -0.2) is 0 Å². The summed E-state index contributed by atoms with van der Waals surface area (Å²) in [5, 5.41) is 11.9. The first-order valence-electron chi connectivity index (χ1n) is 5.13. The average molecular weight is 260 g/mol. The number of nitrogens with two attached hydrogens (primary N) is 2. The van der Waals surface area contributed by atoms with Crippen LogP contribution in [0.2, 0.25) is 0 Å². The van der Waals surface area contributed by atoms with E-state index < -0.39 is 18.0 Å². The normalized spacial score (nSPS) is 13.5. The van der Waals surface area contributed by atoms with Crippen LogP contribution in [0.3, 0.4) is 0 Å². The van der Waals surface area contributed by atoms with Gasteiger partial charge in [-0.2, -0.15) is 12.6 Å². The summed E-state index contributed by atoms with van der Waals surface area (Å²) in [7, 11) is 0. The van der Waals surface area contributed by atoms with E-state index >= 15 is 0 Å². The van der Waals surface area contributed by atoms with Crippen LogP contribution >= 0.6 is 12.6 Å². The minimum Gasteiger partial charge on any atom is -0.370 e. The standard InChI is InChI=1S/C9H18N5O2S/c10-7(2-1-3-13-9(11)12)8(16)14-6(4-15)5-17/h6-7,17H,1-3,5,10H2,(H,14,16)(H4,11,12,13)/t6-,7+/m1/s1. The van der Waals surface area contributed by atoms with Crippen LogP contribution in [0.4, 0.5) is 0 Å². The first-order valence-corrected chi connectivity index (χ1v) is 5.77. The van der Waals surface area contributed by atoms with E-state index in [1.807, 2.05) is 0 Å². The Balaban J connectivity index is 3.81. The van der Waals surface area contributed by atoms with Crippen molar-refractivity contribution in [2.24, 2.45) is 11.5 Å². The molecule has 0 unspecified atom stereocenters. The lowest BCUT2D eigenvalue weighted by molar-refractivity contribution is -0.122. The van der Waals surface area contributed by atoms with Gasteiger partial charge in [0.2, 0.25) is 12.2 Å². The molecule has 0 saturated heterocycles. The number of rotatable bonds is 8. The van der Waals surface area contributed by atoms with Gasteiger partial charge in [0.25, 0.3) is 0 Å². The highest BCUT2D eigenvalue weighted by atomic mass is 32.1. The van der Waals surface area contributed by atoms with Gasteiger partial charge in [-0.15, -0.1) is 0 Å². The monoisotopic (exact) mass is 260 g/mol. The van der Waals surface area contributed by atoms with Crippen molar-refractivity contribution in [2.45, 2.75) is 24.9 Å². The van der Waals surface area contributed by atoms with Crippen LogP contribution in [-0.4, -0.2) is 42.5 Å². The Morgan fingerprint density at radius 2 is 2.18 bits per heavy atom. The largest absolute Gasteiger partial charge is 0.370 e. The zero-order chi connectivity index (χ0) is 13.3. The van der Waals surface area contributed by atoms with Gasteiger partial charge in [-0.05, 0) is 12.8 Å². The van der Waals surface area contributed by atoms with Crippen molar-refractivity contribution in [3.05, 3.63) is 0 Å². The quantitative estimate of drug-likeness (QED) is 0.131. The highest BCUT2D eigenvalue weighted by molar-refractivity contribution is 7.80. The van der Waals surface area contributed by atoms with E-state index in [4.69, 9.17) is 16.9 Å². The summed E-state index contributed by atoms with van der Waals surface area (Å²) in [4.78, 5) is 21.8. The molecule has 0 bridgehead atoms. The summed E-state index contributed by atoms with van der Waals surface area (Å²) in [6, 6.07) is -1.42. The molecule has 0 saturated carbocycles. The van der Waals surface area contributed by atoms with Gasteiger partial charge in [-0.1, -0.05) is 0 Å². The van der Waals surface area contributed by atoms with E-state index in [1.54, 1.807) is 6.29 Å². The highest BCUT2D eigenvalue weighted by Crippen LogP contribution is 1.95. The van der Waals surface area contributed by atoms with Gasteiger partial charge < -0.3 is 22.1 Å². The molecule has 0 rings (SSSR count). The third kappa shape index (κ3) is 7.58. The molecule has 8 heteroatoms. The Hall–Kier alpha value is -1.28. The van der Waals surface area contributed by atoms with Crippen LogP contribution in [0.25, 0.3) is 0 Å². The molecule has 17 heavy (non-hydrogen) atoms. The van der Waals surface area contributed by atoms with E-state index in [2.05, 4.69) is 23.3 Å². The molecule has 1 amide bonds. The van der Waals surface area contributed by atoms with Crippen LogP contribution in [0.1, 0.15) is 12.8 Å². The Bertz CT molecular complexity index is 274. The summed E-state index contributed by atoms with van der Waals surface area (Å²) in [6.07, 6.45) is 2.69. The Labute approximate surface area is 106 Å².